The number of nitrogens with one attached hydrogen (secondary N) is 1. The Morgan fingerprint density at radius 1 is 1.31 bits per heavy atom. The lowest BCUT2D eigenvalue weighted by Crippen LogP contribution is -2.39. The van der Waals surface area contributed by atoms with Crippen LogP contribution in [-0.2, 0) is 10.0 Å². The highest BCUT2D eigenvalue weighted by Crippen LogP contribution is 2.12. The van der Waals surface area contributed by atoms with E-state index in [1.807, 2.05) is 0 Å². The molecule has 0 aromatic rings. The van der Waals surface area contributed by atoms with Crippen molar-refractivity contribution in [1.82, 2.24) is 4.72 Å². The minimum absolute atomic E-state index is 0.168. The Kier molecular flexibility index (Phi) is 7.97. The molecule has 4 nitrogen and oxygen atoms in total. The van der Waals surface area contributed by atoms with Gasteiger partial charge in [0.25, 0.3) is 0 Å². The van der Waals surface area contributed by atoms with E-state index in [0.717, 1.165) is 25.7 Å². The molecule has 2 unspecified atom stereocenters. The molecule has 0 bridgehead atoms. The Morgan fingerprint density at radius 3 is 2.38 bits per heavy atom. The number of rotatable bonds is 9. The van der Waals surface area contributed by atoms with E-state index in [2.05, 4.69) is 18.6 Å². The van der Waals surface area contributed by atoms with Gasteiger partial charge in [0.1, 0.15) is 0 Å². The standard InChI is InChI=1S/C11H26N2O2S/c1-4-6-7-11(5-2)9-13-16(14,15)10(3)8-12/h10-11,13H,4-9,12H2,1-3H3. The second-order valence-electron chi connectivity index (χ2n) is 4.36. The average molecular weight is 250 g/mol. The van der Waals surface area contributed by atoms with Crippen molar-refractivity contribution in [1.29, 1.82) is 0 Å². The predicted molar refractivity (Wildman–Crippen MR) is 68.7 cm³/mol. The SMILES string of the molecule is CCCCC(CC)CNS(=O)(=O)C(C)CN. The van der Waals surface area contributed by atoms with Crippen LogP contribution in [-0.4, -0.2) is 26.8 Å². The van der Waals surface area contributed by atoms with Gasteiger partial charge in [0.15, 0.2) is 0 Å². The lowest BCUT2D eigenvalue weighted by atomic mass is 10.00. The van der Waals surface area contributed by atoms with E-state index in [9.17, 15) is 8.42 Å². The maximum Gasteiger partial charge on any atom is 0.215 e. The second-order valence-corrected chi connectivity index (χ2v) is 6.54. The predicted octanol–water partition coefficient (Wildman–Crippen LogP) is 1.47. The molecular weight excluding hydrogens is 224 g/mol. The Balaban J connectivity index is 4.10. The van der Waals surface area contributed by atoms with Crippen LogP contribution in [0, 0.1) is 5.92 Å². The van der Waals surface area contributed by atoms with E-state index in [0.29, 0.717) is 12.5 Å². The summed E-state index contributed by atoms with van der Waals surface area (Å²) in [7, 11) is -3.22. The van der Waals surface area contributed by atoms with Crippen LogP contribution in [0.25, 0.3) is 0 Å². The first kappa shape index (κ1) is 15.9. The molecule has 0 aliphatic heterocycles. The number of hydrogen-bond donors (Lipinski definition) is 2. The molecule has 0 rings (SSSR count). The summed E-state index contributed by atoms with van der Waals surface area (Å²) in [5.41, 5.74) is 5.36. The summed E-state index contributed by atoms with van der Waals surface area (Å²) in [6.07, 6.45) is 4.42. The number of nitrogens with two attached hydrogens (primary N) is 1. The van der Waals surface area contributed by atoms with Crippen LogP contribution in [0.4, 0.5) is 0 Å². The largest absolute Gasteiger partial charge is 0.329 e. The van der Waals surface area contributed by atoms with Gasteiger partial charge in [-0.05, 0) is 19.3 Å². The van der Waals surface area contributed by atoms with Gasteiger partial charge in [0, 0.05) is 13.1 Å². The molecule has 0 saturated carbocycles. The van der Waals surface area contributed by atoms with Gasteiger partial charge in [-0.25, -0.2) is 13.1 Å². The maximum atomic E-state index is 11.7. The van der Waals surface area contributed by atoms with Crippen molar-refractivity contribution in [3.05, 3.63) is 0 Å². The van der Waals surface area contributed by atoms with Gasteiger partial charge in [-0.3, -0.25) is 0 Å². The minimum atomic E-state index is -3.22. The number of sulfonamides is 1. The maximum absolute atomic E-state index is 11.7. The average Bonchev–Trinajstić information content (AvgIpc) is 2.28. The second kappa shape index (κ2) is 8.03. The summed E-state index contributed by atoms with van der Waals surface area (Å²) in [5.74, 6) is 0.444. The molecular formula is C11H26N2O2S. The van der Waals surface area contributed by atoms with E-state index in [1.54, 1.807) is 6.92 Å². The summed E-state index contributed by atoms with van der Waals surface area (Å²) in [6, 6.07) is 0. The molecule has 0 saturated heterocycles. The fraction of sp³-hybridized carbons (Fsp3) is 1.00. The molecule has 2 atom stereocenters. The van der Waals surface area contributed by atoms with Crippen molar-refractivity contribution in [2.45, 2.75) is 51.7 Å². The fourth-order valence-electron chi connectivity index (χ4n) is 1.45. The summed E-state index contributed by atoms with van der Waals surface area (Å²) in [6.45, 7) is 6.59. The van der Waals surface area contributed by atoms with Crippen molar-refractivity contribution < 1.29 is 8.42 Å². The first-order valence-corrected chi connectivity index (χ1v) is 7.71. The lowest BCUT2D eigenvalue weighted by molar-refractivity contribution is 0.442. The van der Waals surface area contributed by atoms with E-state index in [4.69, 9.17) is 5.73 Å². The normalized spacial score (nSPS) is 16.0. The Labute approximate surface area is 100 Å². The van der Waals surface area contributed by atoms with Crippen molar-refractivity contribution in [3.8, 4) is 0 Å². The minimum Gasteiger partial charge on any atom is -0.329 e. The molecule has 5 heteroatoms. The highest BCUT2D eigenvalue weighted by atomic mass is 32.2. The fourth-order valence-corrected chi connectivity index (χ4v) is 2.45. The molecule has 0 spiro atoms. The van der Waals surface area contributed by atoms with Crippen LogP contribution in [0.2, 0.25) is 0 Å². The van der Waals surface area contributed by atoms with E-state index < -0.39 is 15.3 Å². The first-order chi connectivity index (χ1) is 7.47. The smallest absolute Gasteiger partial charge is 0.215 e. The van der Waals surface area contributed by atoms with Crippen LogP contribution < -0.4 is 10.5 Å². The zero-order valence-corrected chi connectivity index (χ0v) is 11.5. The Morgan fingerprint density at radius 2 is 1.94 bits per heavy atom. The molecule has 0 aromatic carbocycles. The molecule has 0 amide bonds. The monoisotopic (exact) mass is 250 g/mol. The topological polar surface area (TPSA) is 72.2 Å². The van der Waals surface area contributed by atoms with Crippen molar-refractivity contribution >= 4 is 10.0 Å². The van der Waals surface area contributed by atoms with E-state index in [1.165, 1.54) is 0 Å². The van der Waals surface area contributed by atoms with E-state index in [-0.39, 0.29) is 6.54 Å². The number of unbranched alkanes of at least 4 members (excludes halogenated alkanes) is 1. The van der Waals surface area contributed by atoms with Crippen LogP contribution in [0.5, 0.6) is 0 Å². The summed E-state index contributed by atoms with van der Waals surface area (Å²) in [5, 5.41) is -0.504. The zero-order valence-electron chi connectivity index (χ0n) is 10.7. The van der Waals surface area contributed by atoms with Gasteiger partial charge < -0.3 is 5.73 Å². The lowest BCUT2D eigenvalue weighted by Gasteiger charge is -2.17. The molecule has 0 heterocycles. The quantitative estimate of drug-likeness (QED) is 0.651. The molecule has 3 N–H and O–H groups in total. The third-order valence-electron chi connectivity index (χ3n) is 2.98. The highest BCUT2D eigenvalue weighted by molar-refractivity contribution is 7.90. The van der Waals surface area contributed by atoms with Gasteiger partial charge in [-0.2, -0.15) is 0 Å². The molecule has 0 aliphatic rings. The van der Waals surface area contributed by atoms with Crippen LogP contribution in [0.3, 0.4) is 0 Å². The summed E-state index contributed by atoms with van der Waals surface area (Å²) in [4.78, 5) is 0. The number of hydrogen-bond acceptors (Lipinski definition) is 3. The molecule has 0 fully saturated rings. The first-order valence-electron chi connectivity index (χ1n) is 6.16. The molecule has 0 aliphatic carbocycles. The van der Waals surface area contributed by atoms with Crippen LogP contribution in [0.15, 0.2) is 0 Å². The van der Waals surface area contributed by atoms with Crippen LogP contribution >= 0.6 is 0 Å². The third kappa shape index (κ3) is 5.82. The third-order valence-corrected chi connectivity index (χ3v) is 4.80. The molecule has 0 aromatic heterocycles. The van der Waals surface area contributed by atoms with Gasteiger partial charge in [0.05, 0.1) is 5.25 Å². The molecule has 98 valence electrons. The van der Waals surface area contributed by atoms with E-state index >= 15 is 0 Å². The van der Waals surface area contributed by atoms with Crippen molar-refractivity contribution in [3.63, 3.8) is 0 Å². The summed E-state index contributed by atoms with van der Waals surface area (Å²) < 4.78 is 26.0. The highest BCUT2D eigenvalue weighted by Gasteiger charge is 2.19. The Bertz CT molecular complexity index is 265. The van der Waals surface area contributed by atoms with Gasteiger partial charge >= 0.3 is 0 Å². The zero-order chi connectivity index (χ0) is 12.6. The van der Waals surface area contributed by atoms with Crippen LogP contribution in [0.1, 0.15) is 46.5 Å². The van der Waals surface area contributed by atoms with Crippen molar-refractivity contribution in [2.75, 3.05) is 13.1 Å². The van der Waals surface area contributed by atoms with Gasteiger partial charge in [-0.15, -0.1) is 0 Å². The van der Waals surface area contributed by atoms with Gasteiger partial charge in [-0.1, -0.05) is 33.1 Å². The Hall–Kier alpha value is -0.130. The van der Waals surface area contributed by atoms with Gasteiger partial charge in [0.2, 0.25) is 10.0 Å². The van der Waals surface area contributed by atoms with Crippen molar-refractivity contribution in [2.24, 2.45) is 11.7 Å². The summed E-state index contributed by atoms with van der Waals surface area (Å²) >= 11 is 0. The molecule has 0 radical (unpaired) electrons. The molecule has 16 heavy (non-hydrogen) atoms.